The van der Waals surface area contributed by atoms with Crippen molar-refractivity contribution >= 4 is 39.0 Å². The molecule has 0 bridgehead atoms. The summed E-state index contributed by atoms with van der Waals surface area (Å²) in [4.78, 5) is 25.1. The lowest BCUT2D eigenvalue weighted by Gasteiger charge is -2.10. The van der Waals surface area contributed by atoms with Crippen molar-refractivity contribution < 1.29 is 9.53 Å². The van der Waals surface area contributed by atoms with Crippen molar-refractivity contribution in [2.45, 2.75) is 13.3 Å². The molecule has 0 saturated carbocycles. The molecule has 3 aromatic heterocycles. The number of rotatable bonds is 8. The molecule has 2 N–H and O–H groups in total. The van der Waals surface area contributed by atoms with Crippen LogP contribution in [0, 0.1) is 0 Å². The quantitative estimate of drug-likeness (QED) is 0.406. The summed E-state index contributed by atoms with van der Waals surface area (Å²) in [5.41, 5.74) is 2.89. The Hall–Kier alpha value is -3.52. The molecule has 4 rings (SSSR count). The number of thiophene rings is 1. The Morgan fingerprint density at radius 3 is 2.80 bits per heavy atom. The number of aromatic nitrogens is 3. The van der Waals surface area contributed by atoms with Crippen molar-refractivity contribution in [2.75, 3.05) is 23.8 Å². The molecule has 3 heterocycles. The van der Waals surface area contributed by atoms with Crippen molar-refractivity contribution in [1.82, 2.24) is 15.0 Å². The number of carbonyl (C=O) groups excluding carboxylic acids is 1. The van der Waals surface area contributed by atoms with Crippen LogP contribution in [-0.2, 0) is 4.79 Å². The maximum atomic E-state index is 11.1. The molecule has 4 aromatic rings. The first-order chi connectivity index (χ1) is 14.7. The van der Waals surface area contributed by atoms with Gasteiger partial charge < -0.3 is 15.4 Å². The second-order valence-electron chi connectivity index (χ2n) is 6.63. The van der Waals surface area contributed by atoms with E-state index in [-0.39, 0.29) is 5.91 Å². The number of nitrogens with one attached hydrogen (secondary N) is 2. The second kappa shape index (κ2) is 9.32. The van der Waals surface area contributed by atoms with Gasteiger partial charge in [0.2, 0.25) is 5.91 Å². The second-order valence-corrected chi connectivity index (χ2v) is 7.49. The number of fused-ring (bicyclic) bond motifs is 1. The van der Waals surface area contributed by atoms with Crippen LogP contribution in [0.25, 0.3) is 21.3 Å². The van der Waals surface area contributed by atoms with Gasteiger partial charge in [0.15, 0.2) is 0 Å². The minimum Gasteiger partial charge on any atom is -0.494 e. The third kappa shape index (κ3) is 4.72. The highest BCUT2D eigenvalue weighted by atomic mass is 32.1. The van der Waals surface area contributed by atoms with Gasteiger partial charge >= 0.3 is 0 Å². The zero-order valence-corrected chi connectivity index (χ0v) is 17.3. The summed E-state index contributed by atoms with van der Waals surface area (Å²) in [5, 5.41) is 9.26. The molecule has 0 aliphatic rings. The maximum absolute atomic E-state index is 11.1. The largest absolute Gasteiger partial charge is 0.494 e. The standard InChI is InChI=1S/C22H21N5O2S/c1-15(28)27-17-5-7-18(8-6-17)29-11-3-10-24-21-20-19(16-4-2-9-23-12-16)13-30-22(20)26-14-25-21/h2,4-9,12-14H,3,10-11H2,1H3,(H,27,28)(H,24,25,26). The molecular weight excluding hydrogens is 398 g/mol. The van der Waals surface area contributed by atoms with Crippen molar-refractivity contribution in [3.63, 3.8) is 0 Å². The highest BCUT2D eigenvalue weighted by Crippen LogP contribution is 2.35. The van der Waals surface area contributed by atoms with Crippen LogP contribution in [0.2, 0.25) is 0 Å². The molecule has 0 aliphatic heterocycles. The van der Waals surface area contributed by atoms with Gasteiger partial charge in [-0.1, -0.05) is 6.07 Å². The van der Waals surface area contributed by atoms with E-state index in [1.165, 1.54) is 6.92 Å². The molecule has 1 aromatic carbocycles. The van der Waals surface area contributed by atoms with E-state index in [0.29, 0.717) is 6.61 Å². The first kappa shape index (κ1) is 19.8. The molecule has 0 radical (unpaired) electrons. The lowest BCUT2D eigenvalue weighted by Crippen LogP contribution is -2.09. The Balaban J connectivity index is 1.34. The van der Waals surface area contributed by atoms with Gasteiger partial charge in [0, 0.05) is 48.1 Å². The van der Waals surface area contributed by atoms with Gasteiger partial charge in [0.05, 0.1) is 12.0 Å². The number of hydrogen-bond acceptors (Lipinski definition) is 7. The van der Waals surface area contributed by atoms with Crippen molar-refractivity contribution in [3.05, 3.63) is 60.5 Å². The Morgan fingerprint density at radius 2 is 2.03 bits per heavy atom. The molecule has 0 atom stereocenters. The maximum Gasteiger partial charge on any atom is 0.221 e. The molecule has 8 heteroatoms. The minimum absolute atomic E-state index is 0.0918. The average molecular weight is 420 g/mol. The third-order valence-electron chi connectivity index (χ3n) is 4.40. The average Bonchev–Trinajstić information content (AvgIpc) is 3.20. The molecule has 0 fully saturated rings. The summed E-state index contributed by atoms with van der Waals surface area (Å²) in [7, 11) is 0. The number of ether oxygens (including phenoxy) is 1. The smallest absolute Gasteiger partial charge is 0.221 e. The van der Waals surface area contributed by atoms with Gasteiger partial charge in [-0.15, -0.1) is 11.3 Å². The highest BCUT2D eigenvalue weighted by molar-refractivity contribution is 7.17. The fourth-order valence-corrected chi connectivity index (χ4v) is 3.97. The van der Waals surface area contributed by atoms with Crippen molar-refractivity contribution in [2.24, 2.45) is 0 Å². The van der Waals surface area contributed by atoms with Crippen molar-refractivity contribution in [1.29, 1.82) is 0 Å². The summed E-state index contributed by atoms with van der Waals surface area (Å²) >= 11 is 1.60. The lowest BCUT2D eigenvalue weighted by molar-refractivity contribution is -0.114. The SMILES string of the molecule is CC(=O)Nc1ccc(OCCCNc2ncnc3scc(-c4cccnc4)c23)cc1. The molecule has 0 spiro atoms. The first-order valence-electron chi connectivity index (χ1n) is 9.57. The van der Waals surface area contributed by atoms with Crippen LogP contribution in [0.4, 0.5) is 11.5 Å². The molecule has 152 valence electrons. The van der Waals surface area contributed by atoms with Gasteiger partial charge in [0.25, 0.3) is 0 Å². The fourth-order valence-electron chi connectivity index (χ4n) is 3.05. The molecule has 7 nitrogen and oxygen atoms in total. The monoisotopic (exact) mass is 419 g/mol. The summed E-state index contributed by atoms with van der Waals surface area (Å²) in [6.45, 7) is 2.77. The van der Waals surface area contributed by atoms with Crippen LogP contribution in [0.3, 0.4) is 0 Å². The molecule has 0 unspecified atom stereocenters. The van der Waals surface area contributed by atoms with Gasteiger partial charge in [-0.25, -0.2) is 9.97 Å². The van der Waals surface area contributed by atoms with E-state index in [2.05, 4.69) is 31.0 Å². The van der Waals surface area contributed by atoms with Gasteiger partial charge in [0.1, 0.15) is 22.7 Å². The Labute approximate surface area is 178 Å². The van der Waals surface area contributed by atoms with Crippen LogP contribution in [-0.4, -0.2) is 34.0 Å². The van der Waals surface area contributed by atoms with Gasteiger partial charge in [-0.05, 0) is 36.8 Å². The van der Waals surface area contributed by atoms with E-state index in [1.807, 2.05) is 42.6 Å². The first-order valence-corrected chi connectivity index (χ1v) is 10.5. The Bertz CT molecular complexity index is 1130. The predicted molar refractivity (Wildman–Crippen MR) is 120 cm³/mol. The van der Waals surface area contributed by atoms with Gasteiger partial charge in [-0.2, -0.15) is 0 Å². The van der Waals surface area contributed by atoms with E-state index >= 15 is 0 Å². The highest BCUT2D eigenvalue weighted by Gasteiger charge is 2.12. The molecule has 1 amide bonds. The number of anilines is 2. The third-order valence-corrected chi connectivity index (χ3v) is 5.29. The van der Waals surface area contributed by atoms with E-state index in [9.17, 15) is 4.79 Å². The number of hydrogen-bond donors (Lipinski definition) is 2. The lowest BCUT2D eigenvalue weighted by atomic mass is 10.1. The topological polar surface area (TPSA) is 89.0 Å². The van der Waals surface area contributed by atoms with Crippen molar-refractivity contribution in [3.8, 4) is 16.9 Å². The zero-order chi connectivity index (χ0) is 20.8. The Morgan fingerprint density at radius 1 is 1.17 bits per heavy atom. The fraction of sp³-hybridized carbons (Fsp3) is 0.182. The summed E-state index contributed by atoms with van der Waals surface area (Å²) in [6.07, 6.45) is 6.01. The van der Waals surface area contributed by atoms with E-state index in [0.717, 1.165) is 51.6 Å². The van der Waals surface area contributed by atoms with E-state index < -0.39 is 0 Å². The molecular formula is C22H21N5O2S. The predicted octanol–water partition coefficient (Wildman–Crippen LogP) is 4.59. The van der Waals surface area contributed by atoms with E-state index in [1.54, 1.807) is 23.9 Å². The normalized spacial score (nSPS) is 10.7. The van der Waals surface area contributed by atoms with Crippen LogP contribution in [0.5, 0.6) is 5.75 Å². The molecule has 0 saturated heterocycles. The number of carbonyl (C=O) groups is 1. The van der Waals surface area contributed by atoms with Crippen LogP contribution in [0.1, 0.15) is 13.3 Å². The van der Waals surface area contributed by atoms with Crippen LogP contribution < -0.4 is 15.4 Å². The van der Waals surface area contributed by atoms with E-state index in [4.69, 9.17) is 4.74 Å². The minimum atomic E-state index is -0.0918. The summed E-state index contributed by atoms with van der Waals surface area (Å²) < 4.78 is 5.78. The number of pyridine rings is 1. The summed E-state index contributed by atoms with van der Waals surface area (Å²) in [6, 6.07) is 11.3. The molecule has 0 aliphatic carbocycles. The zero-order valence-electron chi connectivity index (χ0n) is 16.5. The van der Waals surface area contributed by atoms with Gasteiger partial charge in [-0.3, -0.25) is 9.78 Å². The number of benzene rings is 1. The van der Waals surface area contributed by atoms with Crippen LogP contribution >= 0.6 is 11.3 Å². The Kier molecular flexibility index (Phi) is 6.14. The summed E-state index contributed by atoms with van der Waals surface area (Å²) in [5.74, 6) is 1.50. The number of amides is 1. The molecule has 30 heavy (non-hydrogen) atoms. The van der Waals surface area contributed by atoms with Crippen LogP contribution in [0.15, 0.2) is 60.5 Å². The number of nitrogens with zero attached hydrogens (tertiary/aromatic N) is 3.